The van der Waals surface area contributed by atoms with Gasteiger partial charge in [0.25, 0.3) is 0 Å². The number of hydrogen-bond acceptors (Lipinski definition) is 1. The van der Waals surface area contributed by atoms with Crippen LogP contribution >= 0.6 is 15.9 Å². The highest BCUT2D eigenvalue weighted by Crippen LogP contribution is 2.37. The standard InChI is InChI=1S/C12H16BrN/c13-12-5-3-10(4-6-12)11-2-1-9(7-11)8-14/h3-6,9,11H,1-2,7-8,14H2. The van der Waals surface area contributed by atoms with E-state index in [0.29, 0.717) is 0 Å². The largest absolute Gasteiger partial charge is 0.330 e. The van der Waals surface area contributed by atoms with E-state index in [-0.39, 0.29) is 0 Å². The van der Waals surface area contributed by atoms with Crippen molar-refractivity contribution in [1.82, 2.24) is 0 Å². The maximum absolute atomic E-state index is 5.69. The quantitative estimate of drug-likeness (QED) is 0.861. The highest BCUT2D eigenvalue weighted by molar-refractivity contribution is 9.10. The van der Waals surface area contributed by atoms with E-state index in [4.69, 9.17) is 5.73 Å². The van der Waals surface area contributed by atoms with Gasteiger partial charge in [-0.15, -0.1) is 0 Å². The lowest BCUT2D eigenvalue weighted by Gasteiger charge is -2.10. The Hall–Kier alpha value is -0.340. The Morgan fingerprint density at radius 3 is 2.50 bits per heavy atom. The predicted molar refractivity (Wildman–Crippen MR) is 63.3 cm³/mol. The Morgan fingerprint density at radius 1 is 1.21 bits per heavy atom. The number of hydrogen-bond donors (Lipinski definition) is 1. The zero-order valence-corrected chi connectivity index (χ0v) is 9.83. The average Bonchev–Trinajstić information content (AvgIpc) is 2.67. The fourth-order valence-electron chi connectivity index (χ4n) is 2.33. The van der Waals surface area contributed by atoms with Gasteiger partial charge in [-0.25, -0.2) is 0 Å². The first-order valence-corrected chi connectivity index (χ1v) is 6.04. The van der Waals surface area contributed by atoms with Crippen LogP contribution in [0.5, 0.6) is 0 Å². The molecule has 14 heavy (non-hydrogen) atoms. The molecule has 0 heterocycles. The summed E-state index contributed by atoms with van der Waals surface area (Å²) in [6.07, 6.45) is 3.89. The number of halogens is 1. The smallest absolute Gasteiger partial charge is 0.0175 e. The molecule has 2 unspecified atom stereocenters. The fraction of sp³-hybridized carbons (Fsp3) is 0.500. The van der Waals surface area contributed by atoms with Crippen LogP contribution in [0.2, 0.25) is 0 Å². The normalized spacial score (nSPS) is 26.7. The first kappa shape index (κ1) is 10.2. The zero-order chi connectivity index (χ0) is 9.97. The Kier molecular flexibility index (Phi) is 3.24. The second-order valence-corrected chi connectivity index (χ2v) is 5.08. The minimum Gasteiger partial charge on any atom is -0.330 e. The zero-order valence-electron chi connectivity index (χ0n) is 8.25. The summed E-state index contributed by atoms with van der Waals surface area (Å²) in [5.74, 6) is 1.50. The van der Waals surface area contributed by atoms with Gasteiger partial charge in [0.15, 0.2) is 0 Å². The molecule has 1 aliphatic carbocycles. The summed E-state index contributed by atoms with van der Waals surface area (Å²) in [6, 6.07) is 8.72. The van der Waals surface area contributed by atoms with Crippen molar-refractivity contribution >= 4 is 15.9 Å². The van der Waals surface area contributed by atoms with E-state index >= 15 is 0 Å². The molecule has 0 aliphatic heterocycles. The van der Waals surface area contributed by atoms with Gasteiger partial charge < -0.3 is 5.73 Å². The number of nitrogens with two attached hydrogens (primary N) is 1. The lowest BCUT2D eigenvalue weighted by molar-refractivity contribution is 0.551. The van der Waals surface area contributed by atoms with Crippen LogP contribution < -0.4 is 5.73 Å². The minimum absolute atomic E-state index is 0.747. The van der Waals surface area contributed by atoms with Crippen molar-refractivity contribution in [3.05, 3.63) is 34.3 Å². The van der Waals surface area contributed by atoms with Gasteiger partial charge in [0.2, 0.25) is 0 Å². The highest BCUT2D eigenvalue weighted by Gasteiger charge is 2.24. The Morgan fingerprint density at radius 2 is 1.93 bits per heavy atom. The molecule has 1 aliphatic rings. The Labute approximate surface area is 93.8 Å². The molecule has 76 valence electrons. The molecular formula is C12H16BrN. The molecule has 0 bridgehead atoms. The van der Waals surface area contributed by atoms with Crippen LogP contribution in [0.1, 0.15) is 30.7 Å². The van der Waals surface area contributed by atoms with E-state index in [1.807, 2.05) is 0 Å². The third-order valence-corrected chi connectivity index (χ3v) is 3.74. The van der Waals surface area contributed by atoms with Crippen molar-refractivity contribution in [2.75, 3.05) is 6.54 Å². The monoisotopic (exact) mass is 253 g/mol. The van der Waals surface area contributed by atoms with E-state index in [1.54, 1.807) is 0 Å². The topological polar surface area (TPSA) is 26.0 Å². The molecule has 2 N–H and O–H groups in total. The third kappa shape index (κ3) is 2.18. The van der Waals surface area contributed by atoms with Crippen LogP contribution in [0.4, 0.5) is 0 Å². The highest BCUT2D eigenvalue weighted by atomic mass is 79.9. The lowest BCUT2D eigenvalue weighted by Crippen LogP contribution is -2.10. The van der Waals surface area contributed by atoms with Gasteiger partial charge >= 0.3 is 0 Å². The first-order chi connectivity index (χ1) is 6.79. The molecule has 1 saturated carbocycles. The fourth-order valence-corrected chi connectivity index (χ4v) is 2.59. The summed E-state index contributed by atoms with van der Waals surface area (Å²) < 4.78 is 1.16. The van der Waals surface area contributed by atoms with Crippen LogP contribution in [0, 0.1) is 5.92 Å². The van der Waals surface area contributed by atoms with E-state index in [2.05, 4.69) is 40.2 Å². The molecule has 1 fully saturated rings. The third-order valence-electron chi connectivity index (χ3n) is 3.22. The molecular weight excluding hydrogens is 238 g/mol. The van der Waals surface area contributed by atoms with Crippen LogP contribution in [-0.2, 0) is 0 Å². The predicted octanol–water partition coefficient (Wildman–Crippen LogP) is 3.29. The molecule has 0 spiro atoms. The molecule has 2 rings (SSSR count). The first-order valence-electron chi connectivity index (χ1n) is 5.25. The second kappa shape index (κ2) is 4.45. The Balaban J connectivity index is 2.06. The van der Waals surface area contributed by atoms with Crippen LogP contribution in [0.3, 0.4) is 0 Å². The molecule has 2 atom stereocenters. The van der Waals surface area contributed by atoms with Crippen LogP contribution in [-0.4, -0.2) is 6.54 Å². The summed E-state index contributed by atoms with van der Waals surface area (Å²) >= 11 is 3.46. The van der Waals surface area contributed by atoms with Crippen molar-refractivity contribution in [1.29, 1.82) is 0 Å². The van der Waals surface area contributed by atoms with Gasteiger partial charge in [-0.3, -0.25) is 0 Å². The molecule has 0 saturated heterocycles. The number of rotatable bonds is 2. The SMILES string of the molecule is NCC1CCC(c2ccc(Br)cc2)C1. The van der Waals surface area contributed by atoms with Gasteiger partial charge in [0.05, 0.1) is 0 Å². The van der Waals surface area contributed by atoms with Gasteiger partial charge in [-0.1, -0.05) is 28.1 Å². The molecule has 0 aromatic heterocycles. The van der Waals surface area contributed by atoms with E-state index in [1.165, 1.54) is 24.8 Å². The average molecular weight is 254 g/mol. The second-order valence-electron chi connectivity index (χ2n) is 4.16. The Bertz CT molecular complexity index is 294. The summed E-state index contributed by atoms with van der Waals surface area (Å²) in [5, 5.41) is 0. The van der Waals surface area contributed by atoms with Crippen molar-refractivity contribution in [2.24, 2.45) is 11.7 Å². The van der Waals surface area contributed by atoms with E-state index in [0.717, 1.165) is 22.9 Å². The van der Waals surface area contributed by atoms with Crippen molar-refractivity contribution < 1.29 is 0 Å². The molecule has 1 nitrogen and oxygen atoms in total. The number of benzene rings is 1. The minimum atomic E-state index is 0.747. The van der Waals surface area contributed by atoms with Gasteiger partial charge in [-0.05, 0) is 55.3 Å². The maximum atomic E-state index is 5.69. The van der Waals surface area contributed by atoms with Gasteiger partial charge in [-0.2, -0.15) is 0 Å². The van der Waals surface area contributed by atoms with E-state index < -0.39 is 0 Å². The molecule has 1 aromatic rings. The lowest BCUT2D eigenvalue weighted by atomic mass is 9.96. The summed E-state index contributed by atoms with van der Waals surface area (Å²) in [5.41, 5.74) is 7.17. The van der Waals surface area contributed by atoms with Gasteiger partial charge in [0, 0.05) is 4.47 Å². The van der Waals surface area contributed by atoms with Crippen LogP contribution in [0.25, 0.3) is 0 Å². The molecule has 1 aromatic carbocycles. The van der Waals surface area contributed by atoms with Crippen molar-refractivity contribution in [2.45, 2.75) is 25.2 Å². The molecule has 2 heteroatoms. The maximum Gasteiger partial charge on any atom is 0.0175 e. The molecule has 0 amide bonds. The van der Waals surface area contributed by atoms with Gasteiger partial charge in [0.1, 0.15) is 0 Å². The summed E-state index contributed by atoms with van der Waals surface area (Å²) in [6.45, 7) is 0.854. The molecule has 0 radical (unpaired) electrons. The summed E-state index contributed by atoms with van der Waals surface area (Å²) in [7, 11) is 0. The van der Waals surface area contributed by atoms with Crippen molar-refractivity contribution in [3.63, 3.8) is 0 Å². The van der Waals surface area contributed by atoms with Crippen LogP contribution in [0.15, 0.2) is 28.7 Å². The van der Waals surface area contributed by atoms with E-state index in [9.17, 15) is 0 Å². The van der Waals surface area contributed by atoms with Crippen molar-refractivity contribution in [3.8, 4) is 0 Å². The summed E-state index contributed by atoms with van der Waals surface area (Å²) in [4.78, 5) is 0.